The van der Waals surface area contributed by atoms with E-state index in [1.54, 1.807) is 18.2 Å². The lowest BCUT2D eigenvalue weighted by atomic mass is 9.85. The summed E-state index contributed by atoms with van der Waals surface area (Å²) in [5.41, 5.74) is 4.59. The van der Waals surface area contributed by atoms with Gasteiger partial charge in [0.1, 0.15) is 11.2 Å². The van der Waals surface area contributed by atoms with Crippen LogP contribution in [0.2, 0.25) is 0 Å². The Morgan fingerprint density at radius 1 is 0.347 bits per heavy atom. The highest BCUT2D eigenvalue weighted by Crippen LogP contribution is 2.44. The van der Waals surface area contributed by atoms with E-state index in [0.29, 0.717) is 22.3 Å². The molecule has 10 rings (SSSR count). The molecule has 0 saturated carbocycles. The average Bonchev–Trinajstić information content (AvgIpc) is 3.66. The van der Waals surface area contributed by atoms with Gasteiger partial charge < -0.3 is 4.42 Å². The van der Waals surface area contributed by atoms with Gasteiger partial charge in [-0.25, -0.2) is 0 Å². The highest BCUT2D eigenvalue weighted by atomic mass is 16.3. The Morgan fingerprint density at radius 3 is 1.73 bits per heavy atom. The standard InChI is InChI=1S/C48H30O/c1-2-13-32(14-3-1)47-40-19-6-8-21-42(40)48(43-22-9-7-20-41(43)47)36-17-10-16-33(28-36)34-25-27-45-44(29-34)39-26-24-35(30-46(39)49-45)38-23-11-15-31-12-4-5-18-37(31)38/h1-30H/i1D,2D,3D,6D,7D,8D,9D,13D,14D,19D,20D,21D,22D. The van der Waals surface area contributed by atoms with Crippen LogP contribution in [0, 0.1) is 0 Å². The number of rotatable bonds is 4. The summed E-state index contributed by atoms with van der Waals surface area (Å²) in [6.45, 7) is 0. The van der Waals surface area contributed by atoms with Crippen molar-refractivity contribution in [2.45, 2.75) is 0 Å². The summed E-state index contributed by atoms with van der Waals surface area (Å²) in [5, 5.41) is 3.25. The summed E-state index contributed by atoms with van der Waals surface area (Å²) >= 11 is 0. The first kappa shape index (κ1) is 17.6. The minimum absolute atomic E-state index is 0.0720. The van der Waals surface area contributed by atoms with Crippen molar-refractivity contribution < 1.29 is 22.2 Å². The predicted octanol–water partition coefficient (Wildman–Crippen LogP) is 13.7. The SMILES string of the molecule is [2H]c1c([2H])c([2H])c(-c2c3c([2H])c([2H])c([2H])c([2H])c3c(-c3cccc(-c4ccc5oc6cc(-c7cccc8ccccc78)ccc6c5c4)c3)c3c([2H])c([2H])c([2H])c([2H])c23)c([2H])c1[2H]. The van der Waals surface area contributed by atoms with Gasteiger partial charge in [-0.15, -0.1) is 0 Å². The predicted molar refractivity (Wildman–Crippen MR) is 208 cm³/mol. The third kappa shape index (κ3) is 4.47. The van der Waals surface area contributed by atoms with Gasteiger partial charge in [0.2, 0.25) is 0 Å². The van der Waals surface area contributed by atoms with Gasteiger partial charge in [-0.2, -0.15) is 0 Å². The largest absolute Gasteiger partial charge is 0.456 e. The monoisotopic (exact) mass is 635 g/mol. The molecule has 0 spiro atoms. The molecule has 1 heterocycles. The van der Waals surface area contributed by atoms with E-state index in [1.807, 2.05) is 54.6 Å². The molecule has 0 aliphatic rings. The molecular weight excluding hydrogens is 593 g/mol. The second-order valence-electron chi connectivity index (χ2n) is 11.9. The molecule has 0 unspecified atom stereocenters. The smallest absolute Gasteiger partial charge is 0.136 e. The molecule has 0 aliphatic heterocycles. The molecule has 49 heavy (non-hydrogen) atoms. The summed E-state index contributed by atoms with van der Waals surface area (Å²) in [6.07, 6.45) is 0. The maximum Gasteiger partial charge on any atom is 0.136 e. The van der Waals surface area contributed by atoms with Gasteiger partial charge in [0, 0.05) is 10.8 Å². The normalized spacial score (nSPS) is 15.4. The van der Waals surface area contributed by atoms with E-state index < -0.39 is 84.1 Å². The molecule has 0 bridgehead atoms. The lowest BCUT2D eigenvalue weighted by molar-refractivity contribution is 0.669. The average molecular weight is 636 g/mol. The van der Waals surface area contributed by atoms with E-state index in [1.165, 1.54) is 0 Å². The number of furan rings is 1. The molecule has 0 N–H and O–H groups in total. The van der Waals surface area contributed by atoms with Crippen molar-refractivity contribution in [3.8, 4) is 44.5 Å². The second kappa shape index (κ2) is 11.1. The van der Waals surface area contributed by atoms with Crippen LogP contribution in [0.4, 0.5) is 0 Å². The Bertz CT molecular complexity index is 3510. The van der Waals surface area contributed by atoms with Crippen LogP contribution in [-0.4, -0.2) is 0 Å². The summed E-state index contributed by atoms with van der Waals surface area (Å²) < 4.78 is 121. The van der Waals surface area contributed by atoms with Crippen molar-refractivity contribution in [3.63, 3.8) is 0 Å². The molecular formula is C48H30O. The van der Waals surface area contributed by atoms with Gasteiger partial charge in [0.05, 0.1) is 17.8 Å². The molecule has 0 aliphatic carbocycles. The van der Waals surface area contributed by atoms with Crippen LogP contribution in [0.15, 0.2) is 186 Å². The summed E-state index contributed by atoms with van der Waals surface area (Å²) in [6, 6.07) is 25.0. The Balaban J connectivity index is 1.24. The van der Waals surface area contributed by atoms with Crippen LogP contribution in [0.25, 0.3) is 98.8 Å². The van der Waals surface area contributed by atoms with Crippen molar-refractivity contribution in [2.75, 3.05) is 0 Å². The van der Waals surface area contributed by atoms with Gasteiger partial charge >= 0.3 is 0 Å². The fourth-order valence-corrected chi connectivity index (χ4v) is 6.99. The van der Waals surface area contributed by atoms with Crippen molar-refractivity contribution in [1.29, 1.82) is 0 Å². The maximum absolute atomic E-state index is 9.28. The first-order valence-corrected chi connectivity index (χ1v) is 15.8. The van der Waals surface area contributed by atoms with Gasteiger partial charge in [0.25, 0.3) is 0 Å². The van der Waals surface area contributed by atoms with Gasteiger partial charge in [0.15, 0.2) is 0 Å². The van der Waals surface area contributed by atoms with Crippen molar-refractivity contribution in [1.82, 2.24) is 0 Å². The maximum atomic E-state index is 9.28. The zero-order valence-electron chi connectivity index (χ0n) is 38.7. The number of fused-ring (bicyclic) bond motifs is 6. The summed E-state index contributed by atoms with van der Waals surface area (Å²) in [7, 11) is 0. The van der Waals surface area contributed by atoms with Crippen LogP contribution < -0.4 is 0 Å². The van der Waals surface area contributed by atoms with Gasteiger partial charge in [-0.1, -0.05) is 151 Å². The topological polar surface area (TPSA) is 13.1 Å². The van der Waals surface area contributed by atoms with Gasteiger partial charge in [-0.3, -0.25) is 0 Å². The molecule has 0 atom stereocenters. The lowest BCUT2D eigenvalue weighted by Crippen LogP contribution is -1.91. The molecule has 9 aromatic carbocycles. The summed E-state index contributed by atoms with van der Waals surface area (Å²) in [4.78, 5) is 0. The van der Waals surface area contributed by atoms with E-state index in [2.05, 4.69) is 30.3 Å². The quantitative estimate of drug-likeness (QED) is 0.175. The van der Waals surface area contributed by atoms with Crippen LogP contribution in [0.3, 0.4) is 0 Å². The molecule has 0 amide bonds. The molecule has 1 aromatic heterocycles. The third-order valence-electron chi connectivity index (χ3n) is 9.18. The zero-order chi connectivity index (χ0) is 43.6. The fraction of sp³-hybridized carbons (Fsp3) is 0. The van der Waals surface area contributed by atoms with Crippen molar-refractivity contribution in [2.24, 2.45) is 0 Å². The molecule has 1 nitrogen and oxygen atoms in total. The first-order valence-electron chi connectivity index (χ1n) is 22.3. The third-order valence-corrected chi connectivity index (χ3v) is 9.18. The van der Waals surface area contributed by atoms with E-state index >= 15 is 0 Å². The zero-order valence-corrected chi connectivity index (χ0v) is 25.7. The molecule has 0 saturated heterocycles. The highest BCUT2D eigenvalue weighted by molar-refractivity contribution is 6.21. The number of hydrogen-bond donors (Lipinski definition) is 0. The Labute approximate surface area is 302 Å². The van der Waals surface area contributed by atoms with Crippen molar-refractivity contribution >= 4 is 54.3 Å². The van der Waals surface area contributed by atoms with E-state index in [9.17, 15) is 5.48 Å². The van der Waals surface area contributed by atoms with Crippen molar-refractivity contribution in [3.05, 3.63) is 182 Å². The fourth-order valence-electron chi connectivity index (χ4n) is 6.99. The Hall–Kier alpha value is -6.44. The number of hydrogen-bond acceptors (Lipinski definition) is 1. The number of benzene rings is 9. The molecule has 0 fully saturated rings. The van der Waals surface area contributed by atoms with Crippen LogP contribution >= 0.6 is 0 Å². The first-order chi connectivity index (χ1) is 29.7. The van der Waals surface area contributed by atoms with E-state index in [4.69, 9.17) is 16.8 Å². The van der Waals surface area contributed by atoms with Crippen LogP contribution in [-0.2, 0) is 0 Å². The van der Waals surface area contributed by atoms with Gasteiger partial charge in [-0.05, 0) is 107 Å². The molecule has 0 radical (unpaired) electrons. The molecule has 1 heteroatoms. The van der Waals surface area contributed by atoms with E-state index in [-0.39, 0.29) is 32.7 Å². The van der Waals surface area contributed by atoms with E-state index in [0.717, 1.165) is 38.2 Å². The molecule has 228 valence electrons. The minimum Gasteiger partial charge on any atom is -0.456 e. The van der Waals surface area contributed by atoms with Crippen LogP contribution in [0.1, 0.15) is 17.8 Å². The lowest BCUT2D eigenvalue weighted by Gasteiger charge is -2.18. The Morgan fingerprint density at radius 2 is 0.959 bits per heavy atom. The summed E-state index contributed by atoms with van der Waals surface area (Å²) in [5.74, 6) is 0. The Kier molecular flexibility index (Phi) is 3.99. The molecule has 10 aromatic rings. The van der Waals surface area contributed by atoms with Crippen LogP contribution in [0.5, 0.6) is 0 Å². The highest BCUT2D eigenvalue weighted by Gasteiger charge is 2.17. The minimum atomic E-state index is -0.714. The second-order valence-corrected chi connectivity index (χ2v) is 11.9.